The minimum absolute atomic E-state index is 0.0380. The largest absolute Gasteiger partial charge is 0.478 e. The second kappa shape index (κ2) is 7.66. The average Bonchev–Trinajstić information content (AvgIpc) is 2.65. The maximum atomic E-state index is 12.2. The van der Waals surface area contributed by atoms with Gasteiger partial charge in [0.15, 0.2) is 0 Å². The molecule has 0 radical (unpaired) electrons. The summed E-state index contributed by atoms with van der Waals surface area (Å²) in [5, 5.41) is 18.5. The number of aromatic carboxylic acids is 2. The van der Waals surface area contributed by atoms with E-state index in [4.69, 9.17) is 9.84 Å². The number of carboxylic acid groups (broad SMARTS) is 2. The topological polar surface area (TPSA) is 140 Å². The number of hydrogen-bond donors (Lipinski definition) is 2. The zero-order chi connectivity index (χ0) is 19.4. The minimum Gasteiger partial charge on any atom is -0.478 e. The molecular weight excluding hydrogens is 350 g/mol. The van der Waals surface area contributed by atoms with Crippen LogP contribution in [0.3, 0.4) is 0 Å². The minimum atomic E-state index is -1.42. The molecule has 1 aromatic rings. The number of ether oxygens (including phenoxy) is 3. The van der Waals surface area contributed by atoms with Crippen molar-refractivity contribution in [3.8, 4) is 0 Å². The summed E-state index contributed by atoms with van der Waals surface area (Å²) in [6, 6.07) is 3.33. The summed E-state index contributed by atoms with van der Waals surface area (Å²) < 4.78 is 14.6. The first-order valence-electron chi connectivity index (χ1n) is 7.17. The lowest BCUT2D eigenvalue weighted by molar-refractivity contribution is -0.140. The number of benzene rings is 1. The van der Waals surface area contributed by atoms with Crippen LogP contribution in [-0.4, -0.2) is 61.6 Å². The van der Waals surface area contributed by atoms with E-state index in [9.17, 15) is 24.3 Å². The van der Waals surface area contributed by atoms with Gasteiger partial charge in [0.25, 0.3) is 0 Å². The molecule has 1 heterocycles. The van der Waals surface area contributed by atoms with Crippen LogP contribution in [0.2, 0.25) is 0 Å². The Morgan fingerprint density at radius 2 is 1.69 bits per heavy atom. The van der Waals surface area contributed by atoms with Crippen LogP contribution >= 0.6 is 0 Å². The summed E-state index contributed by atoms with van der Waals surface area (Å²) in [6.45, 7) is -0.485. The van der Waals surface area contributed by atoms with Crippen molar-refractivity contribution in [1.29, 1.82) is 0 Å². The van der Waals surface area contributed by atoms with Crippen molar-refractivity contribution >= 4 is 29.6 Å². The number of methoxy groups -OCH3 is 2. The van der Waals surface area contributed by atoms with Crippen molar-refractivity contribution in [1.82, 2.24) is 0 Å². The van der Waals surface area contributed by atoms with Crippen LogP contribution in [0.5, 0.6) is 0 Å². The first-order chi connectivity index (χ1) is 12.3. The van der Waals surface area contributed by atoms with E-state index in [0.29, 0.717) is 0 Å². The molecule has 0 aliphatic carbocycles. The molecule has 0 saturated carbocycles. The van der Waals surface area contributed by atoms with E-state index in [2.05, 4.69) is 9.47 Å². The van der Waals surface area contributed by atoms with Crippen LogP contribution in [0.4, 0.5) is 5.69 Å². The van der Waals surface area contributed by atoms with Crippen LogP contribution in [0, 0.1) is 0 Å². The summed E-state index contributed by atoms with van der Waals surface area (Å²) in [5.41, 5.74) is -1.06. The molecule has 1 aliphatic rings. The van der Waals surface area contributed by atoms with Gasteiger partial charge in [0.2, 0.25) is 0 Å². The molecule has 10 heteroatoms. The molecule has 10 nitrogen and oxygen atoms in total. The van der Waals surface area contributed by atoms with Gasteiger partial charge in [-0.3, -0.25) is 0 Å². The van der Waals surface area contributed by atoms with E-state index in [0.717, 1.165) is 25.2 Å². The van der Waals surface area contributed by atoms with Gasteiger partial charge in [-0.25, -0.2) is 19.2 Å². The number of carbonyl (C=O) groups excluding carboxylic acids is 2. The highest BCUT2D eigenvalue weighted by Gasteiger charge is 2.34. The van der Waals surface area contributed by atoms with Crippen LogP contribution in [0.1, 0.15) is 20.7 Å². The van der Waals surface area contributed by atoms with Crippen molar-refractivity contribution in [2.24, 2.45) is 0 Å². The summed E-state index contributed by atoms with van der Waals surface area (Å²) in [4.78, 5) is 47.9. The summed E-state index contributed by atoms with van der Waals surface area (Å²) in [7, 11) is 2.22. The maximum absolute atomic E-state index is 12.2. The number of carboxylic acids is 2. The molecule has 2 N–H and O–H groups in total. The van der Waals surface area contributed by atoms with E-state index < -0.39 is 23.9 Å². The molecular formula is C16H15NO9. The predicted octanol–water partition coefficient (Wildman–Crippen LogP) is 0.477. The maximum Gasteiger partial charge on any atom is 0.355 e. The first-order valence-corrected chi connectivity index (χ1v) is 7.17. The first kappa shape index (κ1) is 18.9. The molecule has 1 aromatic carbocycles. The highest BCUT2D eigenvalue weighted by Crippen LogP contribution is 2.30. The van der Waals surface area contributed by atoms with E-state index in [1.165, 1.54) is 12.1 Å². The molecule has 0 fully saturated rings. The Morgan fingerprint density at radius 1 is 1.04 bits per heavy atom. The Kier molecular flexibility index (Phi) is 5.58. The van der Waals surface area contributed by atoms with Gasteiger partial charge < -0.3 is 29.3 Å². The van der Waals surface area contributed by atoms with Gasteiger partial charge in [-0.2, -0.15) is 0 Å². The quantitative estimate of drug-likeness (QED) is 0.708. The van der Waals surface area contributed by atoms with E-state index in [-0.39, 0.29) is 41.4 Å². The highest BCUT2D eigenvalue weighted by atomic mass is 16.5. The monoisotopic (exact) mass is 365 g/mol. The van der Waals surface area contributed by atoms with Gasteiger partial charge in [0.05, 0.1) is 43.2 Å². The number of rotatable bonds is 5. The predicted molar refractivity (Wildman–Crippen MR) is 84.7 cm³/mol. The van der Waals surface area contributed by atoms with Crippen molar-refractivity contribution in [2.75, 3.05) is 32.5 Å². The standard InChI is InChI=1S/C16H15NO9/c1-24-15(22)10-6-26-7-17(12(10)16(23)25-2)11-4-3-8(13(18)19)5-9(11)14(20)21/h3-5H,6-7H2,1-2H3,(H,18,19)(H,20,21). The van der Waals surface area contributed by atoms with Crippen molar-refractivity contribution in [3.63, 3.8) is 0 Å². The Bertz CT molecular complexity index is 812. The smallest absolute Gasteiger partial charge is 0.355 e. The fourth-order valence-electron chi connectivity index (χ4n) is 2.41. The van der Waals surface area contributed by atoms with Crippen LogP contribution in [0.15, 0.2) is 29.5 Å². The molecule has 0 spiro atoms. The Morgan fingerprint density at radius 3 is 2.23 bits per heavy atom. The molecule has 0 amide bonds. The number of anilines is 1. The van der Waals surface area contributed by atoms with Gasteiger partial charge in [0, 0.05) is 0 Å². The number of hydrogen-bond acceptors (Lipinski definition) is 8. The Hall–Kier alpha value is -3.40. The number of carbonyl (C=O) groups is 4. The fourth-order valence-corrected chi connectivity index (χ4v) is 2.41. The van der Waals surface area contributed by atoms with Gasteiger partial charge in [0.1, 0.15) is 12.4 Å². The second-order valence-electron chi connectivity index (χ2n) is 5.06. The van der Waals surface area contributed by atoms with Gasteiger partial charge in [-0.1, -0.05) is 0 Å². The molecule has 138 valence electrons. The summed E-state index contributed by atoms with van der Waals surface area (Å²) >= 11 is 0. The van der Waals surface area contributed by atoms with Gasteiger partial charge in [-0.15, -0.1) is 0 Å². The zero-order valence-electron chi connectivity index (χ0n) is 13.8. The Labute approximate surface area is 147 Å². The summed E-state index contributed by atoms with van der Waals surface area (Å²) in [5.74, 6) is -4.47. The van der Waals surface area contributed by atoms with Crippen molar-refractivity contribution < 1.29 is 43.6 Å². The van der Waals surface area contributed by atoms with E-state index in [1.54, 1.807) is 0 Å². The van der Waals surface area contributed by atoms with Gasteiger partial charge in [-0.05, 0) is 18.2 Å². The van der Waals surface area contributed by atoms with Crippen LogP contribution in [-0.2, 0) is 23.8 Å². The highest BCUT2D eigenvalue weighted by molar-refractivity contribution is 6.05. The van der Waals surface area contributed by atoms with E-state index in [1.807, 2.05) is 0 Å². The lowest BCUT2D eigenvalue weighted by Crippen LogP contribution is -2.39. The number of nitrogens with zero attached hydrogens (tertiary/aromatic N) is 1. The van der Waals surface area contributed by atoms with Crippen molar-refractivity contribution in [2.45, 2.75) is 0 Å². The SMILES string of the molecule is COC(=O)C1=C(C(=O)OC)N(c2ccc(C(=O)O)cc2C(=O)O)COC1. The van der Waals surface area contributed by atoms with Gasteiger partial charge >= 0.3 is 23.9 Å². The second-order valence-corrected chi connectivity index (χ2v) is 5.06. The van der Waals surface area contributed by atoms with Crippen molar-refractivity contribution in [3.05, 3.63) is 40.6 Å². The average molecular weight is 365 g/mol. The third kappa shape index (κ3) is 3.49. The van der Waals surface area contributed by atoms with Crippen LogP contribution in [0.25, 0.3) is 0 Å². The third-order valence-electron chi connectivity index (χ3n) is 3.60. The molecule has 0 aromatic heterocycles. The summed E-state index contributed by atoms with van der Waals surface area (Å²) in [6.07, 6.45) is 0. The zero-order valence-corrected chi connectivity index (χ0v) is 13.8. The lowest BCUT2D eigenvalue weighted by atomic mass is 10.1. The molecule has 2 rings (SSSR count). The Balaban J connectivity index is 2.68. The lowest BCUT2D eigenvalue weighted by Gasteiger charge is -2.32. The van der Waals surface area contributed by atoms with Crippen LogP contribution < -0.4 is 4.90 Å². The third-order valence-corrected chi connectivity index (χ3v) is 3.60. The molecule has 0 saturated heterocycles. The molecule has 0 unspecified atom stereocenters. The number of esters is 2. The molecule has 0 bridgehead atoms. The van der Waals surface area contributed by atoms with E-state index >= 15 is 0 Å². The fraction of sp³-hybridized carbons (Fsp3) is 0.250. The normalized spacial score (nSPS) is 14.0. The molecule has 0 atom stereocenters. The molecule has 1 aliphatic heterocycles. The molecule has 26 heavy (non-hydrogen) atoms.